The van der Waals surface area contributed by atoms with Crippen LogP contribution in [0.3, 0.4) is 0 Å². The van der Waals surface area contributed by atoms with Gasteiger partial charge in [0.2, 0.25) is 0 Å². The maximum absolute atomic E-state index is 11.0. The Morgan fingerprint density at radius 1 is 1.59 bits per heavy atom. The van der Waals surface area contributed by atoms with Crippen LogP contribution in [0.4, 0.5) is 0 Å². The van der Waals surface area contributed by atoms with Gasteiger partial charge >= 0.3 is 5.97 Å². The van der Waals surface area contributed by atoms with Gasteiger partial charge in [-0.05, 0) is 17.7 Å². The SMILES string of the molecule is COC(=O)CNCc1cc(Cl)cc2c1OCC2. The zero-order valence-electron chi connectivity index (χ0n) is 9.59. The summed E-state index contributed by atoms with van der Waals surface area (Å²) in [5.41, 5.74) is 2.11. The summed E-state index contributed by atoms with van der Waals surface area (Å²) < 4.78 is 10.1. The molecule has 2 rings (SSSR count). The molecule has 0 aliphatic carbocycles. The first kappa shape index (κ1) is 12.2. The minimum absolute atomic E-state index is 0.178. The van der Waals surface area contributed by atoms with Gasteiger partial charge in [-0.15, -0.1) is 0 Å². The van der Waals surface area contributed by atoms with Crippen molar-refractivity contribution in [3.05, 3.63) is 28.3 Å². The second kappa shape index (κ2) is 5.38. The quantitative estimate of drug-likeness (QED) is 0.829. The van der Waals surface area contributed by atoms with Gasteiger partial charge in [0, 0.05) is 23.6 Å². The van der Waals surface area contributed by atoms with Crippen LogP contribution >= 0.6 is 11.6 Å². The van der Waals surface area contributed by atoms with E-state index in [1.54, 1.807) is 0 Å². The smallest absolute Gasteiger partial charge is 0.319 e. The lowest BCUT2D eigenvalue weighted by Gasteiger charge is -2.09. The first-order chi connectivity index (χ1) is 8.20. The minimum atomic E-state index is -0.287. The van der Waals surface area contributed by atoms with Crippen molar-refractivity contribution in [1.29, 1.82) is 0 Å². The molecule has 0 aromatic heterocycles. The van der Waals surface area contributed by atoms with Crippen LogP contribution in [0.15, 0.2) is 12.1 Å². The highest BCUT2D eigenvalue weighted by molar-refractivity contribution is 6.30. The molecule has 1 aliphatic rings. The summed E-state index contributed by atoms with van der Waals surface area (Å²) in [4.78, 5) is 11.0. The molecule has 4 nitrogen and oxygen atoms in total. The number of rotatable bonds is 4. The Kier molecular flexibility index (Phi) is 3.86. The molecule has 0 spiro atoms. The standard InChI is InChI=1S/C12H14ClNO3/c1-16-11(15)7-14-6-9-5-10(13)4-8-2-3-17-12(8)9/h4-5,14H,2-3,6-7H2,1H3. The van der Waals surface area contributed by atoms with E-state index in [9.17, 15) is 4.79 Å². The van der Waals surface area contributed by atoms with Gasteiger partial charge in [0.25, 0.3) is 0 Å². The highest BCUT2D eigenvalue weighted by Gasteiger charge is 2.17. The zero-order valence-corrected chi connectivity index (χ0v) is 10.3. The summed E-state index contributed by atoms with van der Waals surface area (Å²) in [5.74, 6) is 0.608. The normalized spacial score (nSPS) is 13.1. The Balaban J connectivity index is 2.03. The molecule has 5 heteroatoms. The number of hydrogen-bond acceptors (Lipinski definition) is 4. The van der Waals surface area contributed by atoms with Crippen LogP contribution < -0.4 is 10.1 Å². The Morgan fingerprint density at radius 2 is 2.41 bits per heavy atom. The van der Waals surface area contributed by atoms with E-state index in [1.165, 1.54) is 7.11 Å². The van der Waals surface area contributed by atoms with Gasteiger partial charge in [0.1, 0.15) is 5.75 Å². The van der Waals surface area contributed by atoms with E-state index in [0.717, 1.165) is 23.3 Å². The summed E-state index contributed by atoms with van der Waals surface area (Å²) in [6.07, 6.45) is 0.889. The average Bonchev–Trinajstić information content (AvgIpc) is 2.76. The van der Waals surface area contributed by atoms with Crippen LogP contribution in [-0.2, 0) is 22.5 Å². The first-order valence-electron chi connectivity index (χ1n) is 5.42. The summed E-state index contributed by atoms with van der Waals surface area (Å²) in [7, 11) is 1.37. The van der Waals surface area contributed by atoms with Crippen LogP contribution in [0.2, 0.25) is 5.02 Å². The van der Waals surface area contributed by atoms with E-state index < -0.39 is 0 Å². The fraction of sp³-hybridized carbons (Fsp3) is 0.417. The van der Waals surface area contributed by atoms with Gasteiger partial charge in [0.05, 0.1) is 20.3 Å². The van der Waals surface area contributed by atoms with Crippen LogP contribution in [-0.4, -0.2) is 26.2 Å². The van der Waals surface area contributed by atoms with Crippen LogP contribution in [0.5, 0.6) is 5.75 Å². The molecule has 0 fully saturated rings. The van der Waals surface area contributed by atoms with Gasteiger partial charge in [0.15, 0.2) is 0 Å². The molecular formula is C12H14ClNO3. The molecule has 0 atom stereocenters. The maximum atomic E-state index is 11.0. The second-order valence-electron chi connectivity index (χ2n) is 3.83. The zero-order chi connectivity index (χ0) is 12.3. The van der Waals surface area contributed by atoms with Crippen molar-refractivity contribution < 1.29 is 14.3 Å². The molecule has 0 amide bonds. The van der Waals surface area contributed by atoms with E-state index in [4.69, 9.17) is 16.3 Å². The van der Waals surface area contributed by atoms with Gasteiger partial charge in [-0.2, -0.15) is 0 Å². The van der Waals surface area contributed by atoms with Crippen molar-refractivity contribution >= 4 is 17.6 Å². The topological polar surface area (TPSA) is 47.6 Å². The monoisotopic (exact) mass is 255 g/mol. The fourth-order valence-corrected chi connectivity index (χ4v) is 2.11. The maximum Gasteiger partial charge on any atom is 0.319 e. The molecule has 92 valence electrons. The van der Waals surface area contributed by atoms with Gasteiger partial charge in [-0.1, -0.05) is 11.6 Å². The summed E-state index contributed by atoms with van der Waals surface area (Å²) in [5, 5.41) is 3.69. The Hall–Kier alpha value is -1.26. The Bertz CT molecular complexity index is 434. The molecule has 0 unspecified atom stereocenters. The molecule has 0 saturated carbocycles. The van der Waals surface area contributed by atoms with Crippen molar-refractivity contribution in [2.45, 2.75) is 13.0 Å². The van der Waals surface area contributed by atoms with E-state index in [1.807, 2.05) is 12.1 Å². The molecular weight excluding hydrogens is 242 g/mol. The number of esters is 1. The largest absolute Gasteiger partial charge is 0.493 e. The lowest BCUT2D eigenvalue weighted by Crippen LogP contribution is -2.23. The van der Waals surface area contributed by atoms with Crippen LogP contribution in [0.1, 0.15) is 11.1 Å². The number of ether oxygens (including phenoxy) is 2. The molecule has 1 heterocycles. The first-order valence-corrected chi connectivity index (χ1v) is 5.80. The van der Waals surface area contributed by atoms with Gasteiger partial charge < -0.3 is 14.8 Å². The molecule has 1 aromatic rings. The van der Waals surface area contributed by atoms with Crippen LogP contribution in [0.25, 0.3) is 0 Å². The number of benzene rings is 1. The lowest BCUT2D eigenvalue weighted by molar-refractivity contribution is -0.139. The number of halogens is 1. The molecule has 0 bridgehead atoms. The summed E-state index contributed by atoms with van der Waals surface area (Å²) in [6, 6.07) is 3.78. The third kappa shape index (κ3) is 2.90. The Labute approximate surface area is 105 Å². The predicted octanol–water partition coefficient (Wildman–Crippen LogP) is 1.54. The minimum Gasteiger partial charge on any atom is -0.493 e. The number of carbonyl (C=O) groups excluding carboxylic acids is 1. The number of methoxy groups -OCH3 is 1. The highest BCUT2D eigenvalue weighted by Crippen LogP contribution is 2.32. The molecule has 1 aromatic carbocycles. The van der Waals surface area contributed by atoms with Gasteiger partial charge in [-0.3, -0.25) is 4.79 Å². The van der Waals surface area contributed by atoms with Gasteiger partial charge in [-0.25, -0.2) is 0 Å². The molecule has 0 saturated heterocycles. The molecule has 1 aliphatic heterocycles. The van der Waals surface area contributed by atoms with E-state index in [-0.39, 0.29) is 12.5 Å². The second-order valence-corrected chi connectivity index (χ2v) is 4.27. The third-order valence-electron chi connectivity index (χ3n) is 2.64. The predicted molar refractivity (Wildman–Crippen MR) is 64.4 cm³/mol. The number of nitrogens with one attached hydrogen (secondary N) is 1. The highest BCUT2D eigenvalue weighted by atomic mass is 35.5. The van der Waals surface area contributed by atoms with Crippen molar-refractivity contribution in [3.8, 4) is 5.75 Å². The Morgan fingerprint density at radius 3 is 3.18 bits per heavy atom. The van der Waals surface area contributed by atoms with Crippen molar-refractivity contribution in [2.75, 3.05) is 20.3 Å². The fourth-order valence-electron chi connectivity index (χ4n) is 1.85. The third-order valence-corrected chi connectivity index (χ3v) is 2.86. The number of hydrogen-bond donors (Lipinski definition) is 1. The van der Waals surface area contributed by atoms with Crippen LogP contribution in [0, 0.1) is 0 Å². The van der Waals surface area contributed by atoms with E-state index in [0.29, 0.717) is 18.2 Å². The van der Waals surface area contributed by atoms with Crippen molar-refractivity contribution in [2.24, 2.45) is 0 Å². The number of carbonyl (C=O) groups is 1. The molecule has 0 radical (unpaired) electrons. The van der Waals surface area contributed by atoms with E-state index in [2.05, 4.69) is 10.1 Å². The molecule has 17 heavy (non-hydrogen) atoms. The number of fused-ring (bicyclic) bond motifs is 1. The summed E-state index contributed by atoms with van der Waals surface area (Å²) in [6.45, 7) is 1.41. The molecule has 1 N–H and O–H groups in total. The average molecular weight is 256 g/mol. The summed E-state index contributed by atoms with van der Waals surface area (Å²) >= 11 is 6.02. The van der Waals surface area contributed by atoms with Crippen molar-refractivity contribution in [3.63, 3.8) is 0 Å². The van der Waals surface area contributed by atoms with Crippen molar-refractivity contribution in [1.82, 2.24) is 5.32 Å². The van der Waals surface area contributed by atoms with E-state index >= 15 is 0 Å². The lowest BCUT2D eigenvalue weighted by atomic mass is 10.1.